The van der Waals surface area contributed by atoms with Gasteiger partial charge < -0.3 is 24.8 Å². The number of piperidine rings is 1. The van der Waals surface area contributed by atoms with Gasteiger partial charge in [0.2, 0.25) is 5.95 Å². The number of carbonyl (C=O) groups is 1. The maximum Gasteiger partial charge on any atom is 0.410 e. The number of hydrogen-bond donors (Lipinski definition) is 1. The maximum absolute atomic E-state index is 17.0. The summed E-state index contributed by atoms with van der Waals surface area (Å²) in [5.41, 5.74) is 1.45. The summed E-state index contributed by atoms with van der Waals surface area (Å²) in [6.45, 7) is 12.6. The third-order valence-corrected chi connectivity index (χ3v) is 10.0. The average molecular weight is 663 g/mol. The lowest BCUT2D eigenvalue weighted by Crippen LogP contribution is -2.59. The SMILES string of the molecule is C[C@@H]1CN(c2nc(NC3CCN(C4CC4)CC3)nc3c(F)c(-c4cccc5c4cnn5C)c(Cl)cc23)[C@@H](C)CN1C(=O)OC(C)(C)C. The molecule has 1 aliphatic carbocycles. The number of aromatic nitrogens is 4. The average Bonchev–Trinajstić information content (AvgIpc) is 3.80. The van der Waals surface area contributed by atoms with Crippen LogP contribution in [-0.4, -0.2) is 91.6 Å². The predicted octanol–water partition coefficient (Wildman–Crippen LogP) is 6.85. The van der Waals surface area contributed by atoms with E-state index in [0.29, 0.717) is 41.4 Å². The Morgan fingerprint density at radius 1 is 1.04 bits per heavy atom. The molecule has 1 amide bonds. The van der Waals surface area contributed by atoms with Crippen molar-refractivity contribution in [2.24, 2.45) is 7.05 Å². The summed E-state index contributed by atoms with van der Waals surface area (Å²) in [6.07, 6.45) is 5.95. The Morgan fingerprint density at radius 2 is 1.79 bits per heavy atom. The number of nitrogens with zero attached hydrogens (tertiary/aromatic N) is 7. The molecule has 2 aliphatic heterocycles. The predicted molar refractivity (Wildman–Crippen MR) is 185 cm³/mol. The molecule has 1 saturated carbocycles. The van der Waals surface area contributed by atoms with Gasteiger partial charge in [-0.3, -0.25) is 4.68 Å². The van der Waals surface area contributed by atoms with Gasteiger partial charge in [0.1, 0.15) is 16.9 Å². The first kappa shape index (κ1) is 31.9. The Balaban J connectivity index is 1.29. The lowest BCUT2D eigenvalue weighted by atomic mass is 9.99. The molecule has 12 heteroatoms. The van der Waals surface area contributed by atoms with E-state index in [0.717, 1.165) is 42.9 Å². The van der Waals surface area contributed by atoms with Gasteiger partial charge in [-0.25, -0.2) is 14.2 Å². The summed E-state index contributed by atoms with van der Waals surface area (Å²) in [5.74, 6) is 0.508. The van der Waals surface area contributed by atoms with Crippen molar-refractivity contribution in [3.8, 4) is 11.1 Å². The van der Waals surface area contributed by atoms with Crippen LogP contribution in [-0.2, 0) is 11.8 Å². The van der Waals surface area contributed by atoms with Gasteiger partial charge in [-0.05, 0) is 78.0 Å². The summed E-state index contributed by atoms with van der Waals surface area (Å²) < 4.78 is 24.5. The molecule has 4 aromatic rings. The molecule has 4 heterocycles. The van der Waals surface area contributed by atoms with Crippen LogP contribution < -0.4 is 10.2 Å². The number of amides is 1. The molecular formula is C35H44ClFN8O2. The molecule has 7 rings (SSSR count). The van der Waals surface area contributed by atoms with Gasteiger partial charge in [0.25, 0.3) is 0 Å². The standard InChI is InChI=1S/C35H44ClFN8O2/c1-20-19-45(34(46)47-35(3,4)5)21(2)18-44(20)32-25-16-27(36)29(24-8-7-9-28-26(24)17-38-42(28)6)30(37)31(25)40-33(41-32)39-22-12-14-43(15-13-22)23-10-11-23/h7-9,16-17,20-23H,10-15,18-19H2,1-6H3,(H,39,40,41)/t20-,21+/m0/s1. The summed E-state index contributed by atoms with van der Waals surface area (Å²) in [7, 11) is 1.86. The summed E-state index contributed by atoms with van der Waals surface area (Å²) >= 11 is 6.96. The van der Waals surface area contributed by atoms with E-state index in [2.05, 4.69) is 20.2 Å². The summed E-state index contributed by atoms with van der Waals surface area (Å²) in [4.78, 5) is 29.5. The molecule has 2 aromatic carbocycles. The van der Waals surface area contributed by atoms with Crippen molar-refractivity contribution >= 4 is 51.3 Å². The monoisotopic (exact) mass is 662 g/mol. The summed E-state index contributed by atoms with van der Waals surface area (Å²) in [5, 5.41) is 9.59. The lowest BCUT2D eigenvalue weighted by molar-refractivity contribution is 0.0130. The minimum Gasteiger partial charge on any atom is -0.444 e. The van der Waals surface area contributed by atoms with Gasteiger partial charge in [-0.1, -0.05) is 23.7 Å². The second-order valence-electron chi connectivity index (χ2n) is 14.5. The smallest absolute Gasteiger partial charge is 0.410 e. The van der Waals surface area contributed by atoms with Gasteiger partial charge in [-0.2, -0.15) is 10.1 Å². The van der Waals surface area contributed by atoms with Crippen molar-refractivity contribution in [2.45, 2.75) is 90.1 Å². The van der Waals surface area contributed by atoms with Crippen LogP contribution >= 0.6 is 11.6 Å². The number of carbonyl (C=O) groups excluding carboxylic acids is 1. The van der Waals surface area contributed by atoms with E-state index in [-0.39, 0.29) is 34.8 Å². The van der Waals surface area contributed by atoms with Crippen LogP contribution in [0.15, 0.2) is 30.5 Å². The van der Waals surface area contributed by atoms with Crippen molar-refractivity contribution < 1.29 is 13.9 Å². The number of benzene rings is 2. The Hall–Kier alpha value is -3.70. The molecule has 250 valence electrons. The van der Waals surface area contributed by atoms with E-state index in [1.807, 2.05) is 59.9 Å². The molecule has 10 nitrogen and oxygen atoms in total. The number of rotatable bonds is 5. The normalized spacial score (nSPS) is 21.5. The maximum atomic E-state index is 17.0. The minimum absolute atomic E-state index is 0.128. The summed E-state index contributed by atoms with van der Waals surface area (Å²) in [6, 6.07) is 8.13. The number of likely N-dealkylation sites (tertiary alicyclic amines) is 1. The van der Waals surface area contributed by atoms with Gasteiger partial charge in [0.05, 0.1) is 16.7 Å². The zero-order valence-electron chi connectivity index (χ0n) is 28.1. The largest absolute Gasteiger partial charge is 0.444 e. The number of anilines is 2. The molecule has 2 aromatic heterocycles. The van der Waals surface area contributed by atoms with Crippen LogP contribution in [0.25, 0.3) is 32.9 Å². The fourth-order valence-corrected chi connectivity index (χ4v) is 7.43. The number of fused-ring (bicyclic) bond motifs is 2. The number of hydrogen-bond acceptors (Lipinski definition) is 8. The zero-order chi connectivity index (χ0) is 33.2. The zero-order valence-corrected chi connectivity index (χ0v) is 28.8. The van der Waals surface area contributed by atoms with E-state index in [4.69, 9.17) is 26.3 Å². The molecule has 0 spiro atoms. The Morgan fingerprint density at radius 3 is 2.49 bits per heavy atom. The van der Waals surface area contributed by atoms with Crippen molar-refractivity contribution in [1.29, 1.82) is 0 Å². The molecule has 0 unspecified atom stereocenters. The topological polar surface area (TPSA) is 91.7 Å². The Bertz CT molecular complexity index is 1830. The second-order valence-corrected chi connectivity index (χ2v) is 14.9. The number of aryl methyl sites for hydroxylation is 1. The Kier molecular flexibility index (Phi) is 8.19. The quantitative estimate of drug-likeness (QED) is 0.248. The number of nitrogens with one attached hydrogen (secondary N) is 1. The van der Waals surface area contributed by atoms with Crippen LogP contribution in [0.3, 0.4) is 0 Å². The fourth-order valence-electron chi connectivity index (χ4n) is 7.13. The van der Waals surface area contributed by atoms with Gasteiger partial charge in [-0.15, -0.1) is 0 Å². The molecular weight excluding hydrogens is 619 g/mol. The molecule has 2 saturated heterocycles. The van der Waals surface area contributed by atoms with E-state index in [1.54, 1.807) is 21.8 Å². The van der Waals surface area contributed by atoms with Crippen molar-refractivity contribution in [3.63, 3.8) is 0 Å². The highest BCUT2D eigenvalue weighted by molar-refractivity contribution is 6.35. The number of halogens is 2. The molecule has 3 fully saturated rings. The van der Waals surface area contributed by atoms with Crippen molar-refractivity contribution in [1.82, 2.24) is 29.5 Å². The van der Waals surface area contributed by atoms with Crippen molar-refractivity contribution in [3.05, 3.63) is 41.3 Å². The fraction of sp³-hybridized carbons (Fsp3) is 0.543. The van der Waals surface area contributed by atoms with E-state index >= 15 is 4.39 Å². The van der Waals surface area contributed by atoms with Crippen LogP contribution in [0.2, 0.25) is 5.02 Å². The molecule has 1 N–H and O–H groups in total. The first-order valence-corrected chi connectivity index (χ1v) is 17.1. The molecule has 0 bridgehead atoms. The minimum atomic E-state index is -0.596. The second kappa shape index (κ2) is 12.1. The highest BCUT2D eigenvalue weighted by Crippen LogP contribution is 2.42. The highest BCUT2D eigenvalue weighted by atomic mass is 35.5. The number of piperazine rings is 1. The molecule has 3 aliphatic rings. The van der Waals surface area contributed by atoms with Gasteiger partial charge >= 0.3 is 6.09 Å². The van der Waals surface area contributed by atoms with Crippen LogP contribution in [0.5, 0.6) is 0 Å². The van der Waals surface area contributed by atoms with E-state index in [9.17, 15) is 4.79 Å². The third kappa shape index (κ3) is 6.20. The first-order valence-electron chi connectivity index (χ1n) is 16.8. The Labute approximate surface area is 280 Å². The number of ether oxygens (including phenoxy) is 1. The first-order chi connectivity index (χ1) is 22.4. The third-order valence-electron chi connectivity index (χ3n) is 9.74. The van der Waals surface area contributed by atoms with Gasteiger partial charge in [0, 0.05) is 73.7 Å². The van der Waals surface area contributed by atoms with Crippen LogP contribution in [0.1, 0.15) is 60.3 Å². The van der Waals surface area contributed by atoms with Crippen LogP contribution in [0.4, 0.5) is 21.0 Å². The molecule has 2 atom stereocenters. The van der Waals surface area contributed by atoms with Crippen LogP contribution in [0, 0.1) is 5.82 Å². The van der Waals surface area contributed by atoms with E-state index in [1.165, 1.54) is 12.8 Å². The molecule has 47 heavy (non-hydrogen) atoms. The highest BCUT2D eigenvalue weighted by Gasteiger charge is 2.37. The van der Waals surface area contributed by atoms with Crippen molar-refractivity contribution in [2.75, 3.05) is 36.4 Å². The van der Waals surface area contributed by atoms with Gasteiger partial charge in [0.15, 0.2) is 5.82 Å². The lowest BCUT2D eigenvalue weighted by Gasteiger charge is -2.45. The van der Waals surface area contributed by atoms with E-state index < -0.39 is 11.4 Å². The molecule has 0 radical (unpaired) electrons.